The highest BCUT2D eigenvalue weighted by Crippen LogP contribution is 2.24. The van der Waals surface area contributed by atoms with Gasteiger partial charge in [0.2, 0.25) is 0 Å². The van der Waals surface area contributed by atoms with Crippen molar-refractivity contribution in [3.63, 3.8) is 0 Å². The summed E-state index contributed by atoms with van der Waals surface area (Å²) < 4.78 is 15.3. The maximum absolute atomic E-state index is 12.1. The number of aliphatic hydroxyl groups is 1. The molecule has 0 bridgehead atoms. The molecule has 0 radical (unpaired) electrons. The summed E-state index contributed by atoms with van der Waals surface area (Å²) >= 11 is 0. The van der Waals surface area contributed by atoms with Crippen LogP contribution in [0.1, 0.15) is 5.56 Å². The fourth-order valence-electron chi connectivity index (χ4n) is 2.79. The molecular formula is C28H22O7. The van der Waals surface area contributed by atoms with Crippen molar-refractivity contribution in [2.45, 2.75) is 0 Å². The Labute approximate surface area is 202 Å². The van der Waals surface area contributed by atoms with Crippen LogP contribution >= 0.6 is 0 Å². The Balaban J connectivity index is 1.56. The molecule has 35 heavy (non-hydrogen) atoms. The van der Waals surface area contributed by atoms with Gasteiger partial charge in [-0.3, -0.25) is 0 Å². The second-order valence-corrected chi connectivity index (χ2v) is 7.15. The third-order valence-electron chi connectivity index (χ3n) is 4.63. The molecule has 3 aromatic rings. The summed E-state index contributed by atoms with van der Waals surface area (Å²) in [6.07, 6.45) is 3.99. The van der Waals surface area contributed by atoms with E-state index in [1.54, 1.807) is 30.3 Å². The summed E-state index contributed by atoms with van der Waals surface area (Å²) in [6, 6.07) is 20.4. The quantitative estimate of drug-likeness (QED) is 0.279. The van der Waals surface area contributed by atoms with Crippen LogP contribution in [0.4, 0.5) is 0 Å². The number of esters is 3. The van der Waals surface area contributed by atoms with Gasteiger partial charge in [0.15, 0.2) is 0 Å². The topological polar surface area (TPSA) is 99.1 Å². The summed E-state index contributed by atoms with van der Waals surface area (Å²) in [5.41, 5.74) is 2.61. The molecule has 0 aromatic heterocycles. The van der Waals surface area contributed by atoms with Crippen LogP contribution in [0.5, 0.6) is 17.2 Å². The zero-order valence-corrected chi connectivity index (χ0v) is 18.7. The molecule has 0 saturated carbocycles. The first-order chi connectivity index (χ1) is 16.9. The first-order valence-electron chi connectivity index (χ1n) is 10.4. The summed E-state index contributed by atoms with van der Waals surface area (Å²) in [4.78, 5) is 34.9. The number of carbonyl (C=O) groups excluding carboxylic acids is 3. The van der Waals surface area contributed by atoms with Gasteiger partial charge in [0.1, 0.15) is 17.2 Å². The zero-order valence-electron chi connectivity index (χ0n) is 18.7. The third-order valence-corrected chi connectivity index (χ3v) is 4.63. The van der Waals surface area contributed by atoms with Gasteiger partial charge in [-0.25, -0.2) is 14.4 Å². The Morgan fingerprint density at radius 3 is 1.69 bits per heavy atom. The van der Waals surface area contributed by atoms with Gasteiger partial charge in [-0.2, -0.15) is 0 Å². The average Bonchev–Trinajstić information content (AvgIpc) is 2.88. The van der Waals surface area contributed by atoms with Crippen molar-refractivity contribution < 1.29 is 33.7 Å². The molecule has 7 heteroatoms. The van der Waals surface area contributed by atoms with Crippen LogP contribution in [0.25, 0.3) is 17.2 Å². The number of aliphatic hydroxyl groups excluding tert-OH is 1. The molecule has 176 valence electrons. The molecule has 7 nitrogen and oxygen atoms in total. The van der Waals surface area contributed by atoms with E-state index < -0.39 is 24.5 Å². The van der Waals surface area contributed by atoms with E-state index in [-0.39, 0.29) is 5.57 Å². The molecule has 0 amide bonds. The SMILES string of the molecule is C=CC(=O)Oc1ccc(OC(=O)/C=C/c2ccc(-c3ccc(OC(=O)C(=C)CO)cc3)cc2)cc1. The van der Waals surface area contributed by atoms with E-state index in [4.69, 9.17) is 19.3 Å². The first-order valence-corrected chi connectivity index (χ1v) is 10.4. The maximum Gasteiger partial charge on any atom is 0.341 e. The van der Waals surface area contributed by atoms with Crippen LogP contribution in [0.3, 0.4) is 0 Å². The molecule has 1 N–H and O–H groups in total. The molecule has 3 rings (SSSR count). The molecule has 0 aliphatic carbocycles. The maximum atomic E-state index is 12.1. The van der Waals surface area contributed by atoms with Crippen LogP contribution in [0, 0.1) is 0 Å². The van der Waals surface area contributed by atoms with Gasteiger partial charge < -0.3 is 19.3 Å². The van der Waals surface area contributed by atoms with Crippen LogP contribution in [-0.2, 0) is 14.4 Å². The van der Waals surface area contributed by atoms with Gasteiger partial charge in [0, 0.05) is 12.2 Å². The van der Waals surface area contributed by atoms with Gasteiger partial charge in [-0.1, -0.05) is 49.6 Å². The van der Waals surface area contributed by atoms with E-state index in [9.17, 15) is 14.4 Å². The van der Waals surface area contributed by atoms with E-state index in [0.29, 0.717) is 17.2 Å². The van der Waals surface area contributed by atoms with Crippen molar-refractivity contribution >= 4 is 24.0 Å². The second kappa shape index (κ2) is 11.9. The number of carbonyl (C=O) groups is 3. The Kier molecular flexibility index (Phi) is 8.48. The lowest BCUT2D eigenvalue weighted by molar-refractivity contribution is -0.131. The molecule has 0 saturated heterocycles. The number of hydrogen-bond acceptors (Lipinski definition) is 7. The van der Waals surface area contributed by atoms with Crippen molar-refractivity contribution in [2.75, 3.05) is 6.61 Å². The molecular weight excluding hydrogens is 448 g/mol. The number of ether oxygens (including phenoxy) is 3. The normalized spacial score (nSPS) is 10.4. The molecule has 3 aromatic carbocycles. The minimum absolute atomic E-state index is 0.0222. The Hall–Kier alpha value is -4.75. The number of hydrogen-bond donors (Lipinski definition) is 1. The summed E-state index contributed by atoms with van der Waals surface area (Å²) in [6.45, 7) is 6.29. The van der Waals surface area contributed by atoms with Crippen molar-refractivity contribution in [2.24, 2.45) is 0 Å². The van der Waals surface area contributed by atoms with Gasteiger partial charge in [-0.05, 0) is 59.2 Å². The fourth-order valence-corrected chi connectivity index (χ4v) is 2.79. The molecule has 0 aliphatic rings. The van der Waals surface area contributed by atoms with E-state index in [0.717, 1.165) is 22.8 Å². The fraction of sp³-hybridized carbons (Fsp3) is 0.0357. The van der Waals surface area contributed by atoms with Crippen LogP contribution in [-0.4, -0.2) is 29.6 Å². The number of rotatable bonds is 9. The van der Waals surface area contributed by atoms with Crippen LogP contribution in [0.2, 0.25) is 0 Å². The van der Waals surface area contributed by atoms with E-state index in [1.807, 2.05) is 24.3 Å². The highest BCUT2D eigenvalue weighted by atomic mass is 16.5. The van der Waals surface area contributed by atoms with Crippen molar-refractivity contribution in [3.8, 4) is 28.4 Å². The van der Waals surface area contributed by atoms with E-state index in [2.05, 4.69) is 13.2 Å². The molecule has 0 unspecified atom stereocenters. The highest BCUT2D eigenvalue weighted by Gasteiger charge is 2.09. The standard InChI is InChI=1S/C28H22O7/c1-3-26(30)33-23-13-15-24(16-14-23)34-27(31)17-6-20-4-7-21(8-5-20)22-9-11-25(12-10-22)35-28(32)19(2)18-29/h3-17,29H,1-2,18H2/b17-6+. The van der Waals surface area contributed by atoms with Crippen molar-refractivity contribution in [1.29, 1.82) is 0 Å². The predicted molar refractivity (Wildman–Crippen MR) is 131 cm³/mol. The molecule has 0 spiro atoms. The Morgan fingerprint density at radius 1 is 0.714 bits per heavy atom. The molecule has 0 atom stereocenters. The molecule has 0 fully saturated rings. The summed E-state index contributed by atoms with van der Waals surface area (Å²) in [7, 11) is 0. The minimum Gasteiger partial charge on any atom is -0.423 e. The average molecular weight is 470 g/mol. The Morgan fingerprint density at radius 2 is 1.17 bits per heavy atom. The van der Waals surface area contributed by atoms with Crippen molar-refractivity contribution in [1.82, 2.24) is 0 Å². The van der Waals surface area contributed by atoms with E-state index >= 15 is 0 Å². The lowest BCUT2D eigenvalue weighted by Crippen LogP contribution is -2.12. The second-order valence-electron chi connectivity index (χ2n) is 7.15. The smallest absolute Gasteiger partial charge is 0.341 e. The van der Waals surface area contributed by atoms with Crippen molar-refractivity contribution in [3.05, 3.63) is 109 Å². The van der Waals surface area contributed by atoms with Crippen LogP contribution in [0.15, 0.2) is 104 Å². The monoisotopic (exact) mass is 470 g/mol. The first kappa shape index (κ1) is 24.9. The Bertz CT molecular complexity index is 1250. The lowest BCUT2D eigenvalue weighted by atomic mass is 10.0. The minimum atomic E-state index is -0.680. The predicted octanol–water partition coefficient (Wildman–Crippen LogP) is 4.52. The third kappa shape index (κ3) is 7.38. The highest BCUT2D eigenvalue weighted by molar-refractivity contribution is 5.90. The van der Waals surface area contributed by atoms with Gasteiger partial charge in [-0.15, -0.1) is 0 Å². The van der Waals surface area contributed by atoms with Gasteiger partial charge in [0.25, 0.3) is 0 Å². The van der Waals surface area contributed by atoms with Gasteiger partial charge >= 0.3 is 17.9 Å². The zero-order chi connectivity index (χ0) is 25.2. The number of benzene rings is 3. The van der Waals surface area contributed by atoms with E-state index in [1.165, 1.54) is 30.3 Å². The van der Waals surface area contributed by atoms with Crippen LogP contribution < -0.4 is 14.2 Å². The largest absolute Gasteiger partial charge is 0.423 e. The summed E-state index contributed by atoms with van der Waals surface area (Å²) in [5, 5.41) is 8.93. The summed E-state index contributed by atoms with van der Waals surface area (Å²) in [5.74, 6) is -0.845. The molecule has 0 heterocycles. The van der Waals surface area contributed by atoms with Gasteiger partial charge in [0.05, 0.1) is 12.2 Å². The lowest BCUT2D eigenvalue weighted by Gasteiger charge is -2.07. The molecule has 0 aliphatic heterocycles.